The fraction of sp³-hybridized carbons (Fsp3) is 0.769. The zero-order chi connectivity index (χ0) is 17.4. The van der Waals surface area contributed by atoms with E-state index in [0.29, 0.717) is 17.8 Å². The van der Waals surface area contributed by atoms with E-state index in [-0.39, 0.29) is 36.8 Å². The Balaban J connectivity index is 2.19. The third kappa shape index (κ3) is 3.44. The monoisotopic (exact) mass is 364 g/mol. The van der Waals surface area contributed by atoms with Crippen molar-refractivity contribution in [3.05, 3.63) is 11.4 Å². The standard InChI is InChI=1S/C13H24N4O4S2/c1-5-10-22(18,19)16-6-8-17(9-7-16)23(20,21)13-11(2)14-15(4)12(13)3/h5-10H2,1-4H3. The zero-order valence-corrected chi connectivity index (χ0v) is 15.6. The fourth-order valence-electron chi connectivity index (χ4n) is 2.83. The van der Waals surface area contributed by atoms with Crippen LogP contribution in [0.1, 0.15) is 24.7 Å². The maximum atomic E-state index is 12.8. The maximum absolute atomic E-state index is 12.8. The highest BCUT2D eigenvalue weighted by molar-refractivity contribution is 7.89. The second-order valence-corrected chi connectivity index (χ2v) is 9.71. The summed E-state index contributed by atoms with van der Waals surface area (Å²) in [7, 11) is -5.23. The average Bonchev–Trinajstić information content (AvgIpc) is 2.72. The van der Waals surface area contributed by atoms with Gasteiger partial charge in [-0.15, -0.1) is 0 Å². The Morgan fingerprint density at radius 2 is 1.52 bits per heavy atom. The summed E-state index contributed by atoms with van der Waals surface area (Å²) in [5.74, 6) is 0.0978. The van der Waals surface area contributed by atoms with Crippen molar-refractivity contribution in [3.8, 4) is 0 Å². The first-order valence-corrected chi connectivity index (χ1v) is 10.6. The molecule has 0 bridgehead atoms. The highest BCUT2D eigenvalue weighted by Crippen LogP contribution is 2.24. The first kappa shape index (κ1) is 18.4. The van der Waals surface area contributed by atoms with Crippen LogP contribution in [0.4, 0.5) is 0 Å². The molecule has 0 unspecified atom stereocenters. The Morgan fingerprint density at radius 1 is 1.00 bits per heavy atom. The minimum absolute atomic E-state index is 0.0978. The number of piperazine rings is 1. The quantitative estimate of drug-likeness (QED) is 0.738. The van der Waals surface area contributed by atoms with E-state index in [0.717, 1.165) is 0 Å². The van der Waals surface area contributed by atoms with E-state index in [1.165, 1.54) is 8.61 Å². The lowest BCUT2D eigenvalue weighted by molar-refractivity contribution is 0.272. The van der Waals surface area contributed by atoms with Crippen molar-refractivity contribution < 1.29 is 16.8 Å². The van der Waals surface area contributed by atoms with Gasteiger partial charge in [0.2, 0.25) is 20.0 Å². The van der Waals surface area contributed by atoms with Gasteiger partial charge >= 0.3 is 0 Å². The van der Waals surface area contributed by atoms with Crippen molar-refractivity contribution in [2.24, 2.45) is 7.05 Å². The molecule has 0 saturated carbocycles. The molecule has 23 heavy (non-hydrogen) atoms. The van der Waals surface area contributed by atoms with Crippen LogP contribution in [0.2, 0.25) is 0 Å². The fourth-order valence-corrected chi connectivity index (χ4v) is 6.15. The Labute approximate surface area is 138 Å². The van der Waals surface area contributed by atoms with E-state index in [2.05, 4.69) is 5.10 Å². The molecule has 0 amide bonds. The second kappa shape index (κ2) is 6.50. The molecule has 8 nitrogen and oxygen atoms in total. The van der Waals surface area contributed by atoms with Crippen LogP contribution < -0.4 is 0 Å². The van der Waals surface area contributed by atoms with Crippen molar-refractivity contribution >= 4 is 20.0 Å². The van der Waals surface area contributed by atoms with Gasteiger partial charge in [0, 0.05) is 33.2 Å². The van der Waals surface area contributed by atoms with Crippen LogP contribution in [0, 0.1) is 13.8 Å². The summed E-state index contributed by atoms with van der Waals surface area (Å²) in [5, 5.41) is 4.15. The van der Waals surface area contributed by atoms with Crippen molar-refractivity contribution in [2.45, 2.75) is 32.1 Å². The van der Waals surface area contributed by atoms with Crippen LogP contribution in [0.5, 0.6) is 0 Å². The van der Waals surface area contributed by atoms with Crippen molar-refractivity contribution in [1.29, 1.82) is 0 Å². The number of hydrogen-bond acceptors (Lipinski definition) is 5. The van der Waals surface area contributed by atoms with Gasteiger partial charge in [-0.3, -0.25) is 4.68 Å². The number of aromatic nitrogens is 2. The summed E-state index contributed by atoms with van der Waals surface area (Å²) in [4.78, 5) is 0.227. The molecule has 0 spiro atoms. The second-order valence-electron chi connectivity index (χ2n) is 5.74. The molecule has 1 aromatic rings. The van der Waals surface area contributed by atoms with Gasteiger partial charge < -0.3 is 0 Å². The van der Waals surface area contributed by atoms with Crippen LogP contribution in [-0.4, -0.2) is 67.2 Å². The van der Waals surface area contributed by atoms with E-state index in [9.17, 15) is 16.8 Å². The summed E-state index contributed by atoms with van der Waals surface area (Å²) >= 11 is 0. The number of hydrogen-bond donors (Lipinski definition) is 0. The van der Waals surface area contributed by atoms with E-state index in [4.69, 9.17) is 0 Å². The van der Waals surface area contributed by atoms with E-state index >= 15 is 0 Å². The molecule has 10 heteroatoms. The Kier molecular flexibility index (Phi) is 5.19. The number of rotatable bonds is 5. The van der Waals surface area contributed by atoms with Crippen molar-refractivity contribution in [3.63, 3.8) is 0 Å². The van der Waals surface area contributed by atoms with Crippen LogP contribution in [0.15, 0.2) is 4.90 Å². The highest BCUT2D eigenvalue weighted by atomic mass is 32.2. The Hall–Kier alpha value is -0.970. The minimum atomic E-state index is -3.66. The molecule has 1 aliphatic rings. The third-order valence-electron chi connectivity index (χ3n) is 4.09. The third-order valence-corrected chi connectivity index (χ3v) is 8.32. The molecular weight excluding hydrogens is 340 g/mol. The molecule has 0 radical (unpaired) electrons. The molecule has 1 aromatic heterocycles. The highest BCUT2D eigenvalue weighted by Gasteiger charge is 2.35. The molecule has 0 aromatic carbocycles. The first-order chi connectivity index (χ1) is 10.6. The Bertz CT molecular complexity index is 775. The SMILES string of the molecule is CCCS(=O)(=O)N1CCN(S(=O)(=O)c2c(C)nn(C)c2C)CC1. The predicted molar refractivity (Wildman–Crippen MR) is 87.1 cm³/mol. The topological polar surface area (TPSA) is 92.6 Å². The van der Waals surface area contributed by atoms with Gasteiger partial charge in [-0.05, 0) is 20.3 Å². The minimum Gasteiger partial charge on any atom is -0.271 e. The molecule has 1 saturated heterocycles. The van der Waals surface area contributed by atoms with Crippen LogP contribution >= 0.6 is 0 Å². The average molecular weight is 364 g/mol. The normalized spacial score (nSPS) is 18.4. The molecule has 2 heterocycles. The van der Waals surface area contributed by atoms with Gasteiger partial charge in [0.05, 0.1) is 17.1 Å². The van der Waals surface area contributed by atoms with Gasteiger partial charge in [0.1, 0.15) is 4.90 Å². The largest absolute Gasteiger partial charge is 0.271 e. The van der Waals surface area contributed by atoms with Crippen molar-refractivity contribution in [1.82, 2.24) is 18.4 Å². The van der Waals surface area contributed by atoms with Gasteiger partial charge in [0.15, 0.2) is 0 Å². The summed E-state index contributed by atoms with van der Waals surface area (Å²) < 4.78 is 54.1. The summed E-state index contributed by atoms with van der Waals surface area (Å²) in [5.41, 5.74) is 1.05. The van der Waals surface area contributed by atoms with Gasteiger partial charge in [-0.2, -0.15) is 13.7 Å². The first-order valence-electron chi connectivity index (χ1n) is 7.59. The van der Waals surface area contributed by atoms with Gasteiger partial charge in [0.25, 0.3) is 0 Å². The Morgan fingerprint density at radius 3 is 1.96 bits per heavy atom. The molecule has 0 N–H and O–H groups in total. The molecular formula is C13H24N4O4S2. The molecule has 132 valence electrons. The summed E-state index contributed by atoms with van der Waals surface area (Å²) in [6.45, 7) is 5.92. The van der Waals surface area contributed by atoms with Gasteiger partial charge in [-0.1, -0.05) is 6.92 Å². The van der Waals surface area contributed by atoms with E-state index in [1.807, 2.05) is 6.92 Å². The number of sulfonamides is 2. The number of nitrogens with zero attached hydrogens (tertiary/aromatic N) is 4. The lowest BCUT2D eigenvalue weighted by atomic mass is 10.4. The van der Waals surface area contributed by atoms with Gasteiger partial charge in [-0.25, -0.2) is 16.8 Å². The lowest BCUT2D eigenvalue weighted by Gasteiger charge is -2.33. The van der Waals surface area contributed by atoms with E-state index in [1.54, 1.807) is 25.6 Å². The zero-order valence-electron chi connectivity index (χ0n) is 14.0. The van der Waals surface area contributed by atoms with Crippen LogP contribution in [0.3, 0.4) is 0 Å². The van der Waals surface area contributed by atoms with Crippen LogP contribution in [-0.2, 0) is 27.1 Å². The predicted octanol–water partition coefficient (Wildman–Crippen LogP) is 0.0830. The molecule has 1 fully saturated rings. The smallest absolute Gasteiger partial charge is 0.246 e. The maximum Gasteiger partial charge on any atom is 0.246 e. The molecule has 1 aliphatic heterocycles. The molecule has 0 atom stereocenters. The molecule has 0 aliphatic carbocycles. The van der Waals surface area contributed by atoms with E-state index < -0.39 is 20.0 Å². The summed E-state index contributed by atoms with van der Waals surface area (Å²) in [6, 6.07) is 0. The number of aryl methyl sites for hydroxylation is 2. The summed E-state index contributed by atoms with van der Waals surface area (Å²) in [6.07, 6.45) is 0.551. The van der Waals surface area contributed by atoms with Crippen LogP contribution in [0.25, 0.3) is 0 Å². The van der Waals surface area contributed by atoms with Crippen molar-refractivity contribution in [2.75, 3.05) is 31.9 Å². The lowest BCUT2D eigenvalue weighted by Crippen LogP contribution is -2.51. The molecule has 2 rings (SSSR count).